The number of amides is 2. The number of aldehydes is 2. The molecule has 0 saturated heterocycles. The monoisotopic (exact) mass is 504 g/mol. The fraction of sp³-hybridized carbons (Fsp3) is 0.333. The number of aromatic nitrogens is 2. The molecule has 2 aromatic rings. The van der Waals surface area contributed by atoms with Crippen molar-refractivity contribution in [2.45, 2.75) is 52.7 Å². The third-order valence-electron chi connectivity index (χ3n) is 4.11. The lowest BCUT2D eigenvalue weighted by molar-refractivity contribution is 0.0635. The minimum Gasteiger partial charge on any atom is -0.465 e. The molecule has 0 aromatic carbocycles. The number of nitrogens with zero attached hydrogens (tertiary/aromatic N) is 3. The van der Waals surface area contributed by atoms with Gasteiger partial charge in [0, 0.05) is 17.9 Å². The summed E-state index contributed by atoms with van der Waals surface area (Å²) < 4.78 is 5.10. The molecule has 35 heavy (non-hydrogen) atoms. The number of ether oxygens (including phenoxy) is 1. The highest BCUT2D eigenvalue weighted by Crippen LogP contribution is 2.29. The Balaban J connectivity index is 0.000000351. The first kappa shape index (κ1) is 29.2. The van der Waals surface area contributed by atoms with E-state index in [9.17, 15) is 24.3 Å². The van der Waals surface area contributed by atoms with Crippen LogP contribution in [0.15, 0.2) is 31.1 Å². The normalized spacial score (nSPS) is 10.8. The van der Waals surface area contributed by atoms with Crippen LogP contribution in [0.1, 0.15) is 68.0 Å². The summed E-state index contributed by atoms with van der Waals surface area (Å²) in [5, 5.41) is 11.7. The van der Waals surface area contributed by atoms with Crippen molar-refractivity contribution in [1.82, 2.24) is 9.97 Å². The highest BCUT2D eigenvalue weighted by molar-refractivity contribution is 6.32. The smallest absolute Gasteiger partial charge is 0.412 e. The zero-order chi connectivity index (χ0) is 27.0. The molecule has 0 atom stereocenters. The second kappa shape index (κ2) is 12.1. The maximum Gasteiger partial charge on any atom is 0.412 e. The summed E-state index contributed by atoms with van der Waals surface area (Å²) in [5.74, 6) is 0. The van der Waals surface area contributed by atoms with Gasteiger partial charge in [-0.3, -0.25) is 24.8 Å². The van der Waals surface area contributed by atoms with Gasteiger partial charge in [0.05, 0.1) is 28.2 Å². The van der Waals surface area contributed by atoms with Crippen LogP contribution in [0.2, 0.25) is 5.15 Å². The minimum absolute atomic E-state index is 0.00648. The van der Waals surface area contributed by atoms with Crippen molar-refractivity contribution < 1.29 is 29.0 Å². The Labute approximate surface area is 209 Å². The number of pyridine rings is 2. The van der Waals surface area contributed by atoms with Crippen molar-refractivity contribution in [3.63, 3.8) is 0 Å². The van der Waals surface area contributed by atoms with Gasteiger partial charge in [-0.15, -0.1) is 0 Å². The SMILES string of the molecule is C=Cc1nccc(NC(=O)OC(C)(C)C)c1C=O.CC(C)(C)N(C(=O)O)c1ccnc(Cl)c1C=O. The molecule has 188 valence electrons. The fourth-order valence-corrected chi connectivity index (χ4v) is 2.99. The maximum absolute atomic E-state index is 11.6. The van der Waals surface area contributed by atoms with Crippen LogP contribution < -0.4 is 10.2 Å². The highest BCUT2D eigenvalue weighted by Gasteiger charge is 2.30. The molecule has 2 rings (SSSR count). The molecule has 0 bridgehead atoms. The van der Waals surface area contributed by atoms with E-state index >= 15 is 0 Å². The Kier molecular flexibility index (Phi) is 10.1. The van der Waals surface area contributed by atoms with Crippen molar-refractivity contribution in [2.24, 2.45) is 0 Å². The molecule has 0 radical (unpaired) electrons. The zero-order valence-electron chi connectivity index (χ0n) is 20.5. The first-order valence-electron chi connectivity index (χ1n) is 10.4. The molecule has 2 aromatic heterocycles. The molecule has 0 spiro atoms. The van der Waals surface area contributed by atoms with Crippen LogP contribution in [-0.2, 0) is 4.74 Å². The number of hydrogen-bond acceptors (Lipinski definition) is 7. The Morgan fingerprint density at radius 3 is 2.09 bits per heavy atom. The van der Waals surface area contributed by atoms with Gasteiger partial charge in [0.1, 0.15) is 10.8 Å². The number of carbonyl (C=O) groups excluding carboxylic acids is 3. The van der Waals surface area contributed by atoms with Crippen LogP contribution in [-0.4, -0.2) is 51.0 Å². The molecule has 0 fully saturated rings. The summed E-state index contributed by atoms with van der Waals surface area (Å²) in [4.78, 5) is 53.6. The van der Waals surface area contributed by atoms with Gasteiger partial charge in [-0.05, 0) is 59.8 Å². The minimum atomic E-state index is -1.15. The number of rotatable bonds is 5. The number of carboxylic acid groups (broad SMARTS) is 1. The molecule has 0 saturated carbocycles. The lowest BCUT2D eigenvalue weighted by atomic mass is 10.0. The first-order chi connectivity index (χ1) is 16.2. The molecule has 2 amide bonds. The molecule has 0 aliphatic carbocycles. The van der Waals surface area contributed by atoms with E-state index in [-0.39, 0.29) is 22.0 Å². The Bertz CT molecular complexity index is 1110. The lowest BCUT2D eigenvalue weighted by Crippen LogP contribution is -2.45. The van der Waals surface area contributed by atoms with Gasteiger partial charge in [0.2, 0.25) is 0 Å². The standard InChI is InChI=1S/C13H16N2O3.C11H13ClN2O3/c1-5-10-9(8-16)11(6-7-14-10)15-12(17)18-13(2,3)4;1-11(2,3)14(10(16)17)8-4-5-13-9(12)7(8)6-15/h5-8H,1H2,2-4H3,(H,14,15,17);4-6H,1-3H3,(H,16,17). The molecule has 10 nitrogen and oxygen atoms in total. The lowest BCUT2D eigenvalue weighted by Gasteiger charge is -2.33. The summed E-state index contributed by atoms with van der Waals surface area (Å²) in [6.07, 6.45) is 3.66. The van der Waals surface area contributed by atoms with Gasteiger partial charge in [0.15, 0.2) is 12.6 Å². The predicted molar refractivity (Wildman–Crippen MR) is 134 cm³/mol. The van der Waals surface area contributed by atoms with E-state index in [1.165, 1.54) is 30.6 Å². The number of nitrogens with one attached hydrogen (secondary N) is 1. The van der Waals surface area contributed by atoms with E-state index in [1.54, 1.807) is 41.5 Å². The van der Waals surface area contributed by atoms with Crippen LogP contribution in [0.3, 0.4) is 0 Å². The third kappa shape index (κ3) is 8.49. The average Bonchev–Trinajstić information content (AvgIpc) is 2.71. The molecule has 0 unspecified atom stereocenters. The van der Waals surface area contributed by atoms with Crippen molar-refractivity contribution in [1.29, 1.82) is 0 Å². The van der Waals surface area contributed by atoms with Crippen LogP contribution in [0.4, 0.5) is 21.0 Å². The van der Waals surface area contributed by atoms with Crippen molar-refractivity contribution in [2.75, 3.05) is 10.2 Å². The number of anilines is 2. The van der Waals surface area contributed by atoms with Gasteiger partial charge in [-0.25, -0.2) is 14.6 Å². The van der Waals surface area contributed by atoms with E-state index in [4.69, 9.17) is 16.3 Å². The summed E-state index contributed by atoms with van der Waals surface area (Å²) in [6.45, 7) is 14.0. The van der Waals surface area contributed by atoms with Gasteiger partial charge in [-0.2, -0.15) is 0 Å². The molecule has 0 aliphatic heterocycles. The Morgan fingerprint density at radius 1 is 1.06 bits per heavy atom. The van der Waals surface area contributed by atoms with Gasteiger partial charge in [-0.1, -0.05) is 18.2 Å². The quantitative estimate of drug-likeness (QED) is 0.389. The summed E-state index contributed by atoms with van der Waals surface area (Å²) >= 11 is 5.77. The van der Waals surface area contributed by atoms with E-state index in [1.807, 2.05) is 0 Å². The Morgan fingerprint density at radius 2 is 1.63 bits per heavy atom. The number of hydrogen-bond donors (Lipinski definition) is 2. The van der Waals surface area contributed by atoms with Crippen molar-refractivity contribution in [3.05, 3.63) is 53.1 Å². The molecular formula is C24H29ClN4O6. The molecule has 2 N–H and O–H groups in total. The predicted octanol–water partition coefficient (Wildman–Crippen LogP) is 5.71. The Hall–Kier alpha value is -3.79. The van der Waals surface area contributed by atoms with Crippen LogP contribution in [0.5, 0.6) is 0 Å². The summed E-state index contributed by atoms with van der Waals surface area (Å²) in [5.41, 5.74) is 0.0705. The molecule has 0 aliphatic rings. The van der Waals surface area contributed by atoms with E-state index in [0.717, 1.165) is 4.90 Å². The van der Waals surface area contributed by atoms with Gasteiger partial charge in [0.25, 0.3) is 0 Å². The fourth-order valence-electron chi connectivity index (χ4n) is 2.79. The second-order valence-electron chi connectivity index (χ2n) is 9.05. The van der Waals surface area contributed by atoms with E-state index < -0.39 is 23.3 Å². The van der Waals surface area contributed by atoms with Gasteiger partial charge < -0.3 is 9.84 Å². The molecular weight excluding hydrogens is 476 g/mol. The topological polar surface area (TPSA) is 139 Å². The van der Waals surface area contributed by atoms with Crippen LogP contribution in [0, 0.1) is 0 Å². The third-order valence-corrected chi connectivity index (χ3v) is 4.41. The number of carbonyl (C=O) groups is 4. The van der Waals surface area contributed by atoms with Crippen molar-refractivity contribution >= 4 is 53.8 Å². The average molecular weight is 505 g/mol. The summed E-state index contributed by atoms with van der Waals surface area (Å²) in [6, 6.07) is 2.98. The maximum atomic E-state index is 11.6. The molecule has 2 heterocycles. The van der Waals surface area contributed by atoms with Crippen molar-refractivity contribution in [3.8, 4) is 0 Å². The first-order valence-corrected chi connectivity index (χ1v) is 10.7. The number of halogens is 1. The van der Waals surface area contributed by atoms with Gasteiger partial charge >= 0.3 is 12.2 Å². The second-order valence-corrected chi connectivity index (χ2v) is 9.41. The van der Waals surface area contributed by atoms with E-state index in [2.05, 4.69) is 21.9 Å². The summed E-state index contributed by atoms with van der Waals surface area (Å²) in [7, 11) is 0. The largest absolute Gasteiger partial charge is 0.465 e. The van der Waals surface area contributed by atoms with Crippen LogP contribution in [0.25, 0.3) is 6.08 Å². The van der Waals surface area contributed by atoms with E-state index in [0.29, 0.717) is 24.0 Å². The van der Waals surface area contributed by atoms with Crippen LogP contribution >= 0.6 is 11.6 Å². The zero-order valence-corrected chi connectivity index (χ0v) is 21.2. The highest BCUT2D eigenvalue weighted by atomic mass is 35.5. The molecule has 11 heteroatoms.